The maximum absolute atomic E-state index is 13.1. The molecule has 0 atom stereocenters. The second-order valence-corrected chi connectivity index (χ2v) is 9.56. The van der Waals surface area contributed by atoms with Crippen LogP contribution in [0.1, 0.15) is 33.6 Å². The molecule has 0 saturated carbocycles. The number of carbonyl (C=O) groups excluding carboxylic acids is 1. The van der Waals surface area contributed by atoms with E-state index in [1.807, 2.05) is 40.6 Å². The van der Waals surface area contributed by atoms with Crippen molar-refractivity contribution in [3.05, 3.63) is 74.9 Å². The third-order valence-electron chi connectivity index (χ3n) is 6.50. The summed E-state index contributed by atoms with van der Waals surface area (Å²) in [6.07, 6.45) is 1.95. The monoisotopic (exact) mass is 437 g/mol. The Kier molecular flexibility index (Phi) is 5.05. The molecule has 0 bridgehead atoms. The topological polar surface area (TPSA) is 58.4 Å². The largest absolute Gasteiger partial charge is 0.384 e. The molecule has 1 aromatic heterocycles. The molecule has 1 spiro atoms. The van der Waals surface area contributed by atoms with Gasteiger partial charge in [-0.15, -0.1) is 11.3 Å². The third kappa shape index (κ3) is 3.41. The highest BCUT2D eigenvalue weighted by molar-refractivity contribution is 7.12. The summed E-state index contributed by atoms with van der Waals surface area (Å²) in [5.41, 5.74) is 11.9. The lowest BCUT2D eigenvalue weighted by Gasteiger charge is -2.39. The van der Waals surface area contributed by atoms with Crippen LogP contribution >= 0.6 is 22.9 Å². The van der Waals surface area contributed by atoms with Crippen LogP contribution in [0.3, 0.4) is 0 Å². The molecule has 3 aromatic rings. The molecule has 1 amide bonds. The Morgan fingerprint density at radius 2 is 1.87 bits per heavy atom. The van der Waals surface area contributed by atoms with Crippen molar-refractivity contribution in [1.29, 1.82) is 0 Å². The molecule has 2 aliphatic rings. The number of fused-ring (bicyclic) bond motifs is 2. The molecule has 154 valence electrons. The highest BCUT2D eigenvalue weighted by Crippen LogP contribution is 2.44. The smallest absolute Gasteiger partial charge is 0.263 e. The molecule has 3 heterocycles. The number of hydrogen-bond donors (Lipinski definition) is 2. The Balaban J connectivity index is 1.30. The first kappa shape index (κ1) is 19.6. The summed E-state index contributed by atoms with van der Waals surface area (Å²) in [4.78, 5) is 15.9. The molecule has 0 unspecified atom stereocenters. The number of benzene rings is 2. The molecule has 3 N–H and O–H groups in total. The highest BCUT2D eigenvalue weighted by Gasteiger charge is 2.42. The lowest BCUT2D eigenvalue weighted by Crippen LogP contribution is -2.46. The van der Waals surface area contributed by atoms with E-state index in [1.54, 1.807) is 0 Å². The summed E-state index contributed by atoms with van der Waals surface area (Å²) in [7, 11) is 0. The summed E-state index contributed by atoms with van der Waals surface area (Å²) >= 11 is 7.50. The lowest BCUT2D eigenvalue weighted by molar-refractivity contribution is 0.0681. The quantitative estimate of drug-likeness (QED) is 0.597. The van der Waals surface area contributed by atoms with Gasteiger partial charge in [0, 0.05) is 42.3 Å². The molecule has 1 fully saturated rings. The number of nitrogens with one attached hydrogen (secondary N) is 1. The SMILES string of the molecule is NCc1ccc2c(c1)C1(CCN(C(=O)c3cc(-c4ccc(Cl)cc4)cs3)CC1)CN2. The molecule has 6 heteroatoms. The average Bonchev–Trinajstić information content (AvgIpc) is 3.40. The summed E-state index contributed by atoms with van der Waals surface area (Å²) in [5.74, 6) is 0.136. The van der Waals surface area contributed by atoms with Gasteiger partial charge in [0.1, 0.15) is 0 Å². The molecule has 4 nitrogen and oxygen atoms in total. The first-order chi connectivity index (χ1) is 14.6. The van der Waals surface area contributed by atoms with Gasteiger partial charge in [-0.2, -0.15) is 0 Å². The normalized spacial score (nSPS) is 17.1. The van der Waals surface area contributed by atoms with Crippen molar-refractivity contribution in [2.75, 3.05) is 25.0 Å². The van der Waals surface area contributed by atoms with Crippen molar-refractivity contribution in [3.8, 4) is 11.1 Å². The van der Waals surface area contributed by atoms with E-state index < -0.39 is 0 Å². The van der Waals surface area contributed by atoms with Gasteiger partial charge in [0.25, 0.3) is 5.91 Å². The zero-order valence-corrected chi connectivity index (χ0v) is 18.2. The van der Waals surface area contributed by atoms with Crippen molar-refractivity contribution in [2.45, 2.75) is 24.8 Å². The van der Waals surface area contributed by atoms with Gasteiger partial charge < -0.3 is 16.0 Å². The second-order valence-electron chi connectivity index (χ2n) is 8.22. The van der Waals surface area contributed by atoms with Gasteiger partial charge in [-0.05, 0) is 64.7 Å². The number of thiophene rings is 1. The first-order valence-electron chi connectivity index (χ1n) is 10.3. The zero-order valence-electron chi connectivity index (χ0n) is 16.7. The van der Waals surface area contributed by atoms with E-state index >= 15 is 0 Å². The molecule has 2 aromatic carbocycles. The molecule has 0 aliphatic carbocycles. The van der Waals surface area contributed by atoms with E-state index in [9.17, 15) is 4.79 Å². The van der Waals surface area contributed by atoms with Crippen LogP contribution in [0.25, 0.3) is 11.1 Å². The van der Waals surface area contributed by atoms with Crippen molar-refractivity contribution in [2.24, 2.45) is 5.73 Å². The third-order valence-corrected chi connectivity index (χ3v) is 7.67. The van der Waals surface area contributed by atoms with Crippen LogP contribution < -0.4 is 11.1 Å². The van der Waals surface area contributed by atoms with E-state index in [0.29, 0.717) is 11.6 Å². The van der Waals surface area contributed by atoms with Crippen LogP contribution in [-0.4, -0.2) is 30.4 Å². The molecular formula is C24H24ClN3OS. The van der Waals surface area contributed by atoms with Crippen molar-refractivity contribution >= 4 is 34.5 Å². The predicted octanol–water partition coefficient (Wildman–Crippen LogP) is 5.13. The van der Waals surface area contributed by atoms with Crippen LogP contribution in [0.4, 0.5) is 5.69 Å². The Morgan fingerprint density at radius 3 is 2.60 bits per heavy atom. The van der Waals surface area contributed by atoms with Gasteiger partial charge in [-0.25, -0.2) is 0 Å². The Bertz CT molecular complexity index is 1080. The fraction of sp³-hybridized carbons (Fsp3) is 0.292. The summed E-state index contributed by atoms with van der Waals surface area (Å²) < 4.78 is 0. The van der Waals surface area contributed by atoms with E-state index in [0.717, 1.165) is 48.5 Å². The number of rotatable bonds is 3. The number of anilines is 1. The van der Waals surface area contributed by atoms with Crippen molar-refractivity contribution in [3.63, 3.8) is 0 Å². The number of nitrogens with zero attached hydrogens (tertiary/aromatic N) is 1. The number of nitrogens with two attached hydrogens (primary N) is 1. The number of halogens is 1. The average molecular weight is 438 g/mol. The second kappa shape index (κ2) is 7.73. The fourth-order valence-electron chi connectivity index (χ4n) is 4.65. The van der Waals surface area contributed by atoms with Crippen molar-refractivity contribution in [1.82, 2.24) is 4.90 Å². The molecule has 2 aliphatic heterocycles. The molecule has 0 radical (unpaired) electrons. The minimum Gasteiger partial charge on any atom is -0.384 e. The number of piperidine rings is 1. The van der Waals surface area contributed by atoms with Crippen molar-refractivity contribution < 1.29 is 4.79 Å². The van der Waals surface area contributed by atoms with E-state index in [-0.39, 0.29) is 11.3 Å². The first-order valence-corrected chi connectivity index (χ1v) is 11.5. The van der Waals surface area contributed by atoms with E-state index in [2.05, 4.69) is 23.5 Å². The highest BCUT2D eigenvalue weighted by atomic mass is 35.5. The number of amides is 1. The van der Waals surface area contributed by atoms with Crippen LogP contribution in [-0.2, 0) is 12.0 Å². The summed E-state index contributed by atoms with van der Waals surface area (Å²) in [6, 6.07) is 16.2. The summed E-state index contributed by atoms with van der Waals surface area (Å²) in [5, 5.41) is 6.33. The van der Waals surface area contributed by atoms with Gasteiger partial charge in [0.15, 0.2) is 0 Å². The number of hydrogen-bond acceptors (Lipinski definition) is 4. The number of carbonyl (C=O) groups is 1. The minimum absolute atomic E-state index is 0.112. The maximum Gasteiger partial charge on any atom is 0.263 e. The van der Waals surface area contributed by atoms with Crippen LogP contribution in [0.5, 0.6) is 0 Å². The molecule has 30 heavy (non-hydrogen) atoms. The Morgan fingerprint density at radius 1 is 1.10 bits per heavy atom. The van der Waals surface area contributed by atoms with Gasteiger partial charge in [-0.1, -0.05) is 35.9 Å². The minimum atomic E-state index is 0.112. The van der Waals surface area contributed by atoms with E-state index in [4.69, 9.17) is 17.3 Å². The van der Waals surface area contributed by atoms with Gasteiger partial charge in [0.05, 0.1) is 4.88 Å². The molecule has 5 rings (SSSR count). The zero-order chi connectivity index (χ0) is 20.7. The number of likely N-dealkylation sites (tertiary alicyclic amines) is 1. The van der Waals surface area contributed by atoms with Crippen LogP contribution in [0.15, 0.2) is 53.9 Å². The maximum atomic E-state index is 13.1. The lowest BCUT2D eigenvalue weighted by atomic mass is 9.74. The Hall–Kier alpha value is -2.34. The van der Waals surface area contributed by atoms with Crippen LogP contribution in [0, 0.1) is 0 Å². The van der Waals surface area contributed by atoms with Gasteiger partial charge in [0.2, 0.25) is 0 Å². The van der Waals surface area contributed by atoms with Gasteiger partial charge in [-0.3, -0.25) is 4.79 Å². The summed E-state index contributed by atoms with van der Waals surface area (Å²) in [6.45, 7) is 3.06. The van der Waals surface area contributed by atoms with E-state index in [1.165, 1.54) is 28.2 Å². The van der Waals surface area contributed by atoms with Gasteiger partial charge >= 0.3 is 0 Å². The predicted molar refractivity (Wildman–Crippen MR) is 124 cm³/mol. The molecule has 1 saturated heterocycles. The fourth-order valence-corrected chi connectivity index (χ4v) is 5.66. The molecular weight excluding hydrogens is 414 g/mol. The standard InChI is InChI=1S/C24H24ClN3OS/c25-19-4-2-17(3-5-19)18-12-22(30-14-18)23(29)28-9-7-24(8-10-28)15-27-21-6-1-16(13-26)11-20(21)24/h1-6,11-12,14,27H,7-10,13,15,26H2. The Labute approximate surface area is 185 Å². The van der Waals surface area contributed by atoms with Crippen LogP contribution in [0.2, 0.25) is 5.02 Å².